The Morgan fingerprint density at radius 3 is 2.84 bits per heavy atom. The highest BCUT2D eigenvalue weighted by Gasteiger charge is 2.42. The molecular formula is C14H19N5. The Hall–Kier alpha value is -1.75. The third-order valence-corrected chi connectivity index (χ3v) is 3.53. The molecule has 0 saturated heterocycles. The fraction of sp³-hybridized carbons (Fsp3) is 0.500. The molecule has 1 aliphatic rings. The first-order valence-electron chi connectivity index (χ1n) is 6.81. The third kappa shape index (κ3) is 2.66. The molecule has 0 bridgehead atoms. The minimum absolute atomic E-state index is 0.418. The summed E-state index contributed by atoms with van der Waals surface area (Å²) in [4.78, 5) is 0. The van der Waals surface area contributed by atoms with Crippen molar-refractivity contribution in [3.05, 3.63) is 41.7 Å². The van der Waals surface area contributed by atoms with Crippen LogP contribution in [0.4, 0.5) is 0 Å². The Bertz CT molecular complexity index is 534. The molecule has 1 heterocycles. The van der Waals surface area contributed by atoms with Gasteiger partial charge in [-0.3, -0.25) is 0 Å². The SMILES string of the molecule is CC(C)NCc1nnnn1C1CC1c1ccccc1. The van der Waals surface area contributed by atoms with E-state index < -0.39 is 0 Å². The molecule has 0 spiro atoms. The van der Waals surface area contributed by atoms with E-state index in [1.807, 2.05) is 4.68 Å². The quantitative estimate of drug-likeness (QED) is 0.889. The van der Waals surface area contributed by atoms with E-state index >= 15 is 0 Å². The lowest BCUT2D eigenvalue weighted by Gasteiger charge is -2.08. The van der Waals surface area contributed by atoms with Crippen LogP contribution in [-0.2, 0) is 6.54 Å². The molecule has 2 aromatic rings. The second kappa shape index (κ2) is 5.09. The van der Waals surface area contributed by atoms with E-state index in [0.29, 0.717) is 18.0 Å². The highest BCUT2D eigenvalue weighted by Crippen LogP contribution is 2.51. The number of tetrazole rings is 1. The van der Waals surface area contributed by atoms with Crippen molar-refractivity contribution in [2.24, 2.45) is 0 Å². The van der Waals surface area contributed by atoms with Gasteiger partial charge >= 0.3 is 0 Å². The molecule has 1 aliphatic carbocycles. The number of rotatable bonds is 5. The molecule has 0 aliphatic heterocycles. The summed E-state index contributed by atoms with van der Waals surface area (Å²) in [6.45, 7) is 4.97. The van der Waals surface area contributed by atoms with Crippen LogP contribution in [0.3, 0.4) is 0 Å². The molecule has 1 aromatic carbocycles. The van der Waals surface area contributed by atoms with Crippen molar-refractivity contribution in [2.45, 2.75) is 44.8 Å². The monoisotopic (exact) mass is 257 g/mol. The molecule has 1 fully saturated rings. The molecule has 3 rings (SSSR count). The van der Waals surface area contributed by atoms with Crippen molar-refractivity contribution in [3.8, 4) is 0 Å². The summed E-state index contributed by atoms with van der Waals surface area (Å²) in [6.07, 6.45) is 1.13. The summed E-state index contributed by atoms with van der Waals surface area (Å²) < 4.78 is 1.98. The van der Waals surface area contributed by atoms with Crippen LogP contribution in [0.5, 0.6) is 0 Å². The van der Waals surface area contributed by atoms with E-state index in [4.69, 9.17) is 0 Å². The van der Waals surface area contributed by atoms with Crippen LogP contribution in [0.15, 0.2) is 30.3 Å². The average molecular weight is 257 g/mol. The average Bonchev–Trinajstić information content (AvgIpc) is 3.08. The molecule has 5 nitrogen and oxygen atoms in total. The van der Waals surface area contributed by atoms with Gasteiger partial charge in [0, 0.05) is 12.0 Å². The van der Waals surface area contributed by atoms with Crippen LogP contribution in [0.25, 0.3) is 0 Å². The number of benzene rings is 1. The van der Waals surface area contributed by atoms with E-state index in [1.54, 1.807) is 0 Å². The fourth-order valence-electron chi connectivity index (χ4n) is 2.39. The molecule has 19 heavy (non-hydrogen) atoms. The molecule has 2 unspecified atom stereocenters. The van der Waals surface area contributed by atoms with Gasteiger partial charge in [-0.2, -0.15) is 0 Å². The van der Waals surface area contributed by atoms with Gasteiger partial charge < -0.3 is 5.32 Å². The van der Waals surface area contributed by atoms with Crippen molar-refractivity contribution in [2.75, 3.05) is 0 Å². The summed E-state index contributed by atoms with van der Waals surface area (Å²) in [6, 6.07) is 11.4. The predicted molar refractivity (Wildman–Crippen MR) is 72.6 cm³/mol. The Labute approximate surface area is 113 Å². The Morgan fingerprint density at radius 1 is 1.32 bits per heavy atom. The van der Waals surface area contributed by atoms with Crippen LogP contribution >= 0.6 is 0 Å². The van der Waals surface area contributed by atoms with Crippen molar-refractivity contribution in [1.82, 2.24) is 25.5 Å². The van der Waals surface area contributed by atoms with Crippen molar-refractivity contribution >= 4 is 0 Å². The normalized spacial score (nSPS) is 21.8. The zero-order valence-corrected chi connectivity index (χ0v) is 11.3. The van der Waals surface area contributed by atoms with Gasteiger partial charge in [0.2, 0.25) is 0 Å². The molecule has 0 radical (unpaired) electrons. The van der Waals surface area contributed by atoms with Crippen LogP contribution in [-0.4, -0.2) is 26.2 Å². The van der Waals surface area contributed by atoms with Gasteiger partial charge in [-0.1, -0.05) is 44.2 Å². The topological polar surface area (TPSA) is 55.6 Å². The van der Waals surface area contributed by atoms with Crippen LogP contribution in [0.2, 0.25) is 0 Å². The van der Waals surface area contributed by atoms with Crippen molar-refractivity contribution in [3.63, 3.8) is 0 Å². The first kappa shape index (κ1) is 12.3. The van der Waals surface area contributed by atoms with E-state index in [2.05, 4.69) is 65.0 Å². The molecule has 2 atom stereocenters. The van der Waals surface area contributed by atoms with Crippen LogP contribution in [0.1, 0.15) is 43.6 Å². The first-order valence-corrected chi connectivity index (χ1v) is 6.81. The van der Waals surface area contributed by atoms with E-state index in [9.17, 15) is 0 Å². The lowest BCUT2D eigenvalue weighted by molar-refractivity contribution is 0.518. The minimum atomic E-state index is 0.418. The predicted octanol–water partition coefficient (Wildman–Crippen LogP) is 1.90. The third-order valence-electron chi connectivity index (χ3n) is 3.53. The van der Waals surface area contributed by atoms with Gasteiger partial charge in [0.05, 0.1) is 12.6 Å². The van der Waals surface area contributed by atoms with Crippen LogP contribution in [0, 0.1) is 0 Å². The molecule has 100 valence electrons. The van der Waals surface area contributed by atoms with Crippen molar-refractivity contribution in [1.29, 1.82) is 0 Å². The molecule has 1 saturated carbocycles. The number of hydrogen-bond donors (Lipinski definition) is 1. The lowest BCUT2D eigenvalue weighted by Crippen LogP contribution is -2.24. The van der Waals surface area contributed by atoms with Gasteiger partial charge in [0.1, 0.15) is 0 Å². The van der Waals surface area contributed by atoms with E-state index in [-0.39, 0.29) is 0 Å². The highest BCUT2D eigenvalue weighted by atomic mass is 15.6. The Kier molecular flexibility index (Phi) is 3.29. The zero-order valence-electron chi connectivity index (χ0n) is 11.3. The number of nitrogens with zero attached hydrogens (tertiary/aromatic N) is 4. The fourth-order valence-corrected chi connectivity index (χ4v) is 2.39. The maximum Gasteiger partial charge on any atom is 0.165 e. The molecule has 0 amide bonds. The largest absolute Gasteiger partial charge is 0.308 e. The summed E-state index contributed by atoms with van der Waals surface area (Å²) in [5.74, 6) is 1.49. The lowest BCUT2D eigenvalue weighted by atomic mass is 10.1. The van der Waals surface area contributed by atoms with Gasteiger partial charge in [-0.15, -0.1) is 5.10 Å². The standard InChI is InChI=1S/C14H19N5/c1-10(2)15-9-14-16-17-18-19(14)13-8-12(13)11-6-4-3-5-7-11/h3-7,10,12-13,15H,8-9H2,1-2H3. The van der Waals surface area contributed by atoms with Gasteiger partial charge in [-0.05, 0) is 22.4 Å². The minimum Gasteiger partial charge on any atom is -0.308 e. The Morgan fingerprint density at radius 2 is 2.11 bits per heavy atom. The number of aromatic nitrogens is 4. The maximum atomic E-state index is 4.15. The summed E-state index contributed by atoms with van der Waals surface area (Å²) in [5, 5.41) is 15.4. The zero-order chi connectivity index (χ0) is 13.2. The van der Waals surface area contributed by atoms with Gasteiger partial charge in [0.25, 0.3) is 0 Å². The highest BCUT2D eigenvalue weighted by molar-refractivity contribution is 5.26. The summed E-state index contributed by atoms with van der Waals surface area (Å²) in [5.41, 5.74) is 1.38. The first-order chi connectivity index (χ1) is 9.25. The summed E-state index contributed by atoms with van der Waals surface area (Å²) in [7, 11) is 0. The number of hydrogen-bond acceptors (Lipinski definition) is 4. The Balaban J connectivity index is 1.70. The molecular weight excluding hydrogens is 238 g/mol. The van der Waals surface area contributed by atoms with Crippen molar-refractivity contribution < 1.29 is 0 Å². The molecule has 5 heteroatoms. The molecule has 1 aromatic heterocycles. The second-order valence-corrected chi connectivity index (χ2v) is 5.40. The van der Waals surface area contributed by atoms with Crippen LogP contribution < -0.4 is 5.32 Å². The second-order valence-electron chi connectivity index (χ2n) is 5.40. The maximum absolute atomic E-state index is 4.15. The van der Waals surface area contributed by atoms with Gasteiger partial charge in [0.15, 0.2) is 5.82 Å². The van der Waals surface area contributed by atoms with E-state index in [0.717, 1.165) is 18.8 Å². The summed E-state index contributed by atoms with van der Waals surface area (Å²) >= 11 is 0. The molecule has 1 N–H and O–H groups in total. The smallest absolute Gasteiger partial charge is 0.165 e. The van der Waals surface area contributed by atoms with E-state index in [1.165, 1.54) is 5.56 Å². The number of nitrogens with one attached hydrogen (secondary N) is 1. The van der Waals surface area contributed by atoms with Gasteiger partial charge in [-0.25, -0.2) is 4.68 Å².